The van der Waals surface area contributed by atoms with Crippen LogP contribution in [0.4, 0.5) is 0 Å². The van der Waals surface area contributed by atoms with Crippen LogP contribution in [0.15, 0.2) is 36.6 Å². The first-order valence-electron chi connectivity index (χ1n) is 13.8. The Kier molecular flexibility index (Phi) is 12.3. The van der Waals surface area contributed by atoms with Crippen molar-refractivity contribution in [2.75, 3.05) is 26.1 Å². The second-order valence-electron chi connectivity index (χ2n) is 11.1. The number of allylic oxidation sites excluding steroid dienone is 1. The van der Waals surface area contributed by atoms with Gasteiger partial charge in [-0.25, -0.2) is 0 Å². The van der Waals surface area contributed by atoms with Crippen molar-refractivity contribution in [1.82, 2.24) is 0 Å². The van der Waals surface area contributed by atoms with E-state index in [1.807, 2.05) is 13.0 Å². The lowest BCUT2D eigenvalue weighted by Crippen LogP contribution is -2.55. The molecule has 3 fully saturated rings. The third-order valence-corrected chi connectivity index (χ3v) is 8.29. The first kappa shape index (κ1) is 32.0. The molecule has 214 valence electrons. The van der Waals surface area contributed by atoms with Crippen LogP contribution in [-0.2, 0) is 33.2 Å². The van der Waals surface area contributed by atoms with E-state index in [1.165, 1.54) is 50.2 Å². The van der Waals surface area contributed by atoms with E-state index in [1.54, 1.807) is 0 Å². The molecule has 0 N–H and O–H groups in total. The summed E-state index contributed by atoms with van der Waals surface area (Å²) in [7, 11) is -3.26. The molecule has 2 heterocycles. The average Bonchev–Trinajstić information content (AvgIpc) is 2.85. The van der Waals surface area contributed by atoms with Crippen LogP contribution < -0.4 is 0 Å². The molecule has 0 aromatic heterocycles. The molecule has 2 aliphatic heterocycles. The highest BCUT2D eigenvalue weighted by Gasteiger charge is 2.47. The quantitative estimate of drug-likeness (QED) is 0.279. The smallest absolute Gasteiger partial charge is 0.264 e. The van der Waals surface area contributed by atoms with E-state index in [2.05, 4.69) is 38.1 Å². The fourth-order valence-electron chi connectivity index (χ4n) is 5.12. The monoisotopic (exact) mass is 542 g/mol. The zero-order valence-electron chi connectivity index (χ0n) is 23.8. The normalized spacial score (nSPS) is 28.7. The number of hydrogen-bond donors (Lipinski definition) is 0. The maximum absolute atomic E-state index is 10.1. The molecular weight excluding hydrogens is 492 g/mol. The topological polar surface area (TPSA) is 80.3 Å². The fraction of sp³-hybridized carbons (Fsp3) is 0.793. The highest BCUT2D eigenvalue weighted by molar-refractivity contribution is 7.85. The zero-order chi connectivity index (χ0) is 27.6. The SMILES string of the molecule is C=CCOS(C)(=O)=O.C=CC[C@]1(C)OC2(CCCCC2)OCC1C.CC1=C(C)OC2(CCCCC2)OC1. The van der Waals surface area contributed by atoms with Gasteiger partial charge in [0.25, 0.3) is 10.1 Å². The van der Waals surface area contributed by atoms with E-state index < -0.39 is 10.1 Å². The molecule has 2 spiro atoms. The minimum absolute atomic E-state index is 0.0544. The Balaban J connectivity index is 0.000000207. The molecular formula is C29H50O7S. The maximum Gasteiger partial charge on any atom is 0.264 e. The maximum atomic E-state index is 10.1. The Hall–Kier alpha value is -1.19. The summed E-state index contributed by atoms with van der Waals surface area (Å²) in [5.74, 6) is 0.996. The Morgan fingerprint density at radius 3 is 1.97 bits per heavy atom. The molecule has 1 saturated heterocycles. The molecule has 2 aliphatic carbocycles. The van der Waals surface area contributed by atoms with Gasteiger partial charge in [0.05, 0.1) is 37.4 Å². The first-order chi connectivity index (χ1) is 17.4. The molecule has 0 aromatic carbocycles. The predicted molar refractivity (Wildman–Crippen MR) is 147 cm³/mol. The zero-order valence-corrected chi connectivity index (χ0v) is 24.6. The van der Waals surface area contributed by atoms with Gasteiger partial charge in [-0.3, -0.25) is 4.18 Å². The van der Waals surface area contributed by atoms with E-state index >= 15 is 0 Å². The molecule has 2 saturated carbocycles. The van der Waals surface area contributed by atoms with Gasteiger partial charge in [-0.15, -0.1) is 13.2 Å². The summed E-state index contributed by atoms with van der Waals surface area (Å²) in [4.78, 5) is 0. The summed E-state index contributed by atoms with van der Waals surface area (Å²) in [5.41, 5.74) is 1.15. The molecule has 2 atom stereocenters. The van der Waals surface area contributed by atoms with E-state index in [0.717, 1.165) is 57.3 Å². The average molecular weight is 543 g/mol. The largest absolute Gasteiger partial charge is 0.467 e. The fourth-order valence-corrected chi connectivity index (χ4v) is 5.46. The van der Waals surface area contributed by atoms with Gasteiger partial charge < -0.3 is 18.9 Å². The van der Waals surface area contributed by atoms with Gasteiger partial charge in [-0.2, -0.15) is 8.42 Å². The molecule has 0 amide bonds. The van der Waals surface area contributed by atoms with Gasteiger partial charge in [0.2, 0.25) is 5.79 Å². The van der Waals surface area contributed by atoms with E-state index in [0.29, 0.717) is 5.92 Å². The minimum atomic E-state index is -3.26. The lowest BCUT2D eigenvalue weighted by molar-refractivity contribution is -0.350. The highest BCUT2D eigenvalue weighted by atomic mass is 32.2. The summed E-state index contributed by atoms with van der Waals surface area (Å²) in [5, 5.41) is 0. The van der Waals surface area contributed by atoms with Gasteiger partial charge in [-0.05, 0) is 58.4 Å². The second-order valence-corrected chi connectivity index (χ2v) is 12.7. The lowest BCUT2D eigenvalue weighted by Gasteiger charge is -2.51. The molecule has 4 aliphatic rings. The molecule has 0 bridgehead atoms. The molecule has 7 nitrogen and oxygen atoms in total. The summed E-state index contributed by atoms with van der Waals surface area (Å²) in [6.45, 7) is 17.3. The third-order valence-electron chi connectivity index (χ3n) is 7.73. The Morgan fingerprint density at radius 1 is 0.946 bits per heavy atom. The summed E-state index contributed by atoms with van der Waals surface area (Å²) >= 11 is 0. The lowest BCUT2D eigenvalue weighted by atomic mass is 9.84. The Labute approximate surface area is 225 Å². The van der Waals surface area contributed by atoms with Crippen molar-refractivity contribution in [2.45, 2.75) is 115 Å². The summed E-state index contributed by atoms with van der Waals surface area (Å²) in [6.07, 6.45) is 17.1. The molecule has 0 aromatic rings. The van der Waals surface area contributed by atoms with Gasteiger partial charge in [0.1, 0.15) is 0 Å². The third kappa shape index (κ3) is 10.1. The second kappa shape index (κ2) is 14.3. The molecule has 8 heteroatoms. The molecule has 4 rings (SSSR count). The van der Waals surface area contributed by atoms with Crippen LogP contribution in [-0.4, -0.2) is 51.7 Å². The van der Waals surface area contributed by atoms with Gasteiger partial charge >= 0.3 is 0 Å². The summed E-state index contributed by atoms with van der Waals surface area (Å²) in [6, 6.07) is 0. The van der Waals surface area contributed by atoms with Gasteiger partial charge in [0, 0.05) is 31.6 Å². The number of hydrogen-bond acceptors (Lipinski definition) is 7. The predicted octanol–water partition coefficient (Wildman–Crippen LogP) is 6.80. The van der Waals surface area contributed by atoms with Crippen LogP contribution in [0.3, 0.4) is 0 Å². The van der Waals surface area contributed by atoms with Gasteiger partial charge in [-0.1, -0.05) is 31.9 Å². The van der Waals surface area contributed by atoms with Crippen LogP contribution in [0.2, 0.25) is 0 Å². The minimum Gasteiger partial charge on any atom is -0.467 e. The first-order valence-corrected chi connectivity index (χ1v) is 15.6. The highest BCUT2D eigenvalue weighted by Crippen LogP contribution is 2.44. The number of rotatable bonds is 5. The van der Waals surface area contributed by atoms with Crippen molar-refractivity contribution in [3.63, 3.8) is 0 Å². The number of ether oxygens (including phenoxy) is 4. The molecule has 37 heavy (non-hydrogen) atoms. The van der Waals surface area contributed by atoms with Crippen LogP contribution >= 0.6 is 0 Å². The van der Waals surface area contributed by atoms with E-state index in [-0.39, 0.29) is 23.8 Å². The van der Waals surface area contributed by atoms with E-state index in [4.69, 9.17) is 18.9 Å². The van der Waals surface area contributed by atoms with Crippen molar-refractivity contribution in [3.8, 4) is 0 Å². The Morgan fingerprint density at radius 2 is 1.51 bits per heavy atom. The van der Waals surface area contributed by atoms with Gasteiger partial charge in [0.15, 0.2) is 5.79 Å². The van der Waals surface area contributed by atoms with Crippen molar-refractivity contribution < 1.29 is 31.5 Å². The van der Waals surface area contributed by atoms with Crippen molar-refractivity contribution in [3.05, 3.63) is 36.6 Å². The Bertz CT molecular complexity index is 867. The van der Waals surface area contributed by atoms with Crippen molar-refractivity contribution in [2.24, 2.45) is 5.92 Å². The summed E-state index contributed by atoms with van der Waals surface area (Å²) < 4.78 is 48.5. The van der Waals surface area contributed by atoms with Crippen LogP contribution in [0.5, 0.6) is 0 Å². The standard InChI is InChI=1S/C14H24O2.C11H18O2.C4H8O3S/c1-4-8-13(3)12(2)11-15-14(16-13)9-6-5-7-10-14;1-9-8-12-11(13-10(9)2)6-4-3-5-7-11;1-3-4-7-8(2,5)6/h4,12H,1,5-11H2,2-3H3;3-8H2,1-2H3;3H,1,4H2,2H3/t12?,13-;;/m0../s1. The molecule has 1 unspecified atom stereocenters. The van der Waals surface area contributed by atoms with Crippen molar-refractivity contribution in [1.29, 1.82) is 0 Å². The van der Waals surface area contributed by atoms with Crippen molar-refractivity contribution >= 4 is 10.1 Å². The van der Waals surface area contributed by atoms with Crippen LogP contribution in [0.1, 0.15) is 98.3 Å². The van der Waals surface area contributed by atoms with E-state index in [9.17, 15) is 8.42 Å². The van der Waals surface area contributed by atoms with Crippen LogP contribution in [0.25, 0.3) is 0 Å². The van der Waals surface area contributed by atoms with Crippen LogP contribution in [0, 0.1) is 5.92 Å². The molecule has 0 radical (unpaired) electrons.